The van der Waals surface area contributed by atoms with Gasteiger partial charge >= 0.3 is 0 Å². The number of nitrogens with two attached hydrogens (primary N) is 1. The van der Waals surface area contributed by atoms with Crippen LogP contribution >= 0.6 is 11.3 Å². The van der Waals surface area contributed by atoms with E-state index in [4.69, 9.17) is 5.73 Å². The first kappa shape index (κ1) is 16.2. The molecule has 1 aromatic carbocycles. The number of carbonyl (C=O) groups excluding carboxylic acids is 2. The van der Waals surface area contributed by atoms with E-state index in [1.54, 1.807) is 0 Å². The lowest BCUT2D eigenvalue weighted by atomic mass is 10.1. The van der Waals surface area contributed by atoms with Crippen LogP contribution in [0.15, 0.2) is 30.3 Å². The van der Waals surface area contributed by atoms with E-state index >= 15 is 0 Å². The molecule has 3 N–H and O–H groups in total. The standard InChI is InChI=1S/C17H20N2O2S/c1-11-12(2)22-17(15(11)16(18)21)19-14(20)10-6-9-13-7-4-3-5-8-13/h3-5,7-8H,6,9-10H2,1-2H3,(H2,18,21)(H,19,20). The van der Waals surface area contributed by atoms with Gasteiger partial charge in [-0.3, -0.25) is 9.59 Å². The molecule has 0 saturated carbocycles. The molecule has 116 valence electrons. The van der Waals surface area contributed by atoms with Gasteiger partial charge in [-0.25, -0.2) is 0 Å². The number of thiophene rings is 1. The summed E-state index contributed by atoms with van der Waals surface area (Å²) in [5, 5.41) is 3.38. The van der Waals surface area contributed by atoms with E-state index in [2.05, 4.69) is 17.4 Å². The van der Waals surface area contributed by atoms with Gasteiger partial charge in [0.25, 0.3) is 5.91 Å². The highest BCUT2D eigenvalue weighted by atomic mass is 32.1. The zero-order valence-corrected chi connectivity index (χ0v) is 13.6. The van der Waals surface area contributed by atoms with Gasteiger partial charge in [0.2, 0.25) is 5.91 Å². The van der Waals surface area contributed by atoms with Gasteiger partial charge in [-0.1, -0.05) is 30.3 Å². The summed E-state index contributed by atoms with van der Waals surface area (Å²) in [6, 6.07) is 10.1. The van der Waals surface area contributed by atoms with Crippen LogP contribution in [-0.4, -0.2) is 11.8 Å². The third kappa shape index (κ3) is 3.95. The summed E-state index contributed by atoms with van der Waals surface area (Å²) < 4.78 is 0. The van der Waals surface area contributed by atoms with Crippen molar-refractivity contribution >= 4 is 28.2 Å². The minimum Gasteiger partial charge on any atom is -0.365 e. The first-order valence-corrected chi connectivity index (χ1v) is 8.04. The number of rotatable bonds is 6. The van der Waals surface area contributed by atoms with Gasteiger partial charge < -0.3 is 11.1 Å². The highest BCUT2D eigenvalue weighted by Crippen LogP contribution is 2.32. The highest BCUT2D eigenvalue weighted by Gasteiger charge is 2.18. The molecule has 2 rings (SSSR count). The van der Waals surface area contributed by atoms with Crippen LogP contribution in [0.3, 0.4) is 0 Å². The van der Waals surface area contributed by atoms with Gasteiger partial charge in [0.05, 0.1) is 5.56 Å². The van der Waals surface area contributed by atoms with Crippen LogP contribution in [0.4, 0.5) is 5.00 Å². The first-order chi connectivity index (χ1) is 10.5. The molecule has 0 radical (unpaired) electrons. The van der Waals surface area contributed by atoms with Crippen molar-refractivity contribution in [2.24, 2.45) is 5.73 Å². The summed E-state index contributed by atoms with van der Waals surface area (Å²) in [6.07, 6.45) is 2.05. The molecule has 22 heavy (non-hydrogen) atoms. The fourth-order valence-electron chi connectivity index (χ4n) is 2.30. The lowest BCUT2D eigenvalue weighted by Gasteiger charge is -2.05. The molecular weight excluding hydrogens is 296 g/mol. The van der Waals surface area contributed by atoms with Crippen molar-refractivity contribution in [1.29, 1.82) is 0 Å². The Balaban J connectivity index is 1.92. The van der Waals surface area contributed by atoms with E-state index in [-0.39, 0.29) is 5.91 Å². The lowest BCUT2D eigenvalue weighted by molar-refractivity contribution is -0.116. The predicted octanol–water partition coefficient (Wildman–Crippen LogP) is 3.43. The average molecular weight is 316 g/mol. The highest BCUT2D eigenvalue weighted by molar-refractivity contribution is 7.16. The molecule has 5 heteroatoms. The Hall–Kier alpha value is -2.14. The summed E-state index contributed by atoms with van der Waals surface area (Å²) in [4.78, 5) is 24.5. The fourth-order valence-corrected chi connectivity index (χ4v) is 3.38. The molecule has 4 nitrogen and oxygen atoms in total. The van der Waals surface area contributed by atoms with Gasteiger partial charge in [-0.05, 0) is 37.8 Å². The molecule has 0 aliphatic carbocycles. The smallest absolute Gasteiger partial charge is 0.251 e. The lowest BCUT2D eigenvalue weighted by Crippen LogP contribution is -2.17. The zero-order valence-electron chi connectivity index (χ0n) is 12.8. The molecule has 2 aromatic rings. The van der Waals surface area contributed by atoms with Crippen molar-refractivity contribution in [1.82, 2.24) is 0 Å². The van der Waals surface area contributed by atoms with E-state index in [1.807, 2.05) is 32.0 Å². The van der Waals surface area contributed by atoms with Gasteiger partial charge in [-0.2, -0.15) is 0 Å². The van der Waals surface area contributed by atoms with Crippen LogP contribution in [0.2, 0.25) is 0 Å². The SMILES string of the molecule is Cc1sc(NC(=O)CCCc2ccccc2)c(C(N)=O)c1C. The maximum atomic E-state index is 12.0. The summed E-state index contributed by atoms with van der Waals surface area (Å²) >= 11 is 1.39. The molecule has 0 aliphatic rings. The van der Waals surface area contributed by atoms with Crippen LogP contribution in [0.25, 0.3) is 0 Å². The van der Waals surface area contributed by atoms with Crippen LogP contribution in [0.1, 0.15) is 39.2 Å². The Kier molecular flexibility index (Phi) is 5.33. The maximum absolute atomic E-state index is 12.0. The minimum atomic E-state index is -0.499. The third-order valence-corrected chi connectivity index (χ3v) is 4.72. The average Bonchev–Trinajstić information content (AvgIpc) is 2.74. The Morgan fingerprint density at radius 3 is 2.50 bits per heavy atom. The molecule has 1 aromatic heterocycles. The van der Waals surface area contributed by atoms with E-state index in [0.29, 0.717) is 17.0 Å². The molecule has 0 fully saturated rings. The molecule has 0 atom stereocenters. The Morgan fingerprint density at radius 2 is 1.86 bits per heavy atom. The second-order valence-electron chi connectivity index (χ2n) is 5.24. The molecule has 0 spiro atoms. The van der Waals surface area contributed by atoms with Crippen molar-refractivity contribution in [2.75, 3.05) is 5.32 Å². The number of carbonyl (C=O) groups is 2. The van der Waals surface area contributed by atoms with Crippen molar-refractivity contribution in [2.45, 2.75) is 33.1 Å². The summed E-state index contributed by atoms with van der Waals surface area (Å²) in [6.45, 7) is 3.76. The maximum Gasteiger partial charge on any atom is 0.251 e. The number of benzene rings is 1. The molecule has 0 bridgehead atoms. The van der Waals surface area contributed by atoms with Gasteiger partial charge in [-0.15, -0.1) is 11.3 Å². The molecule has 0 aliphatic heterocycles. The number of primary amides is 1. The number of nitrogens with one attached hydrogen (secondary N) is 1. The van der Waals surface area contributed by atoms with Gasteiger partial charge in [0.1, 0.15) is 5.00 Å². The van der Waals surface area contributed by atoms with E-state index < -0.39 is 5.91 Å². The second-order valence-corrected chi connectivity index (χ2v) is 6.46. The van der Waals surface area contributed by atoms with E-state index in [9.17, 15) is 9.59 Å². The molecule has 1 heterocycles. The van der Waals surface area contributed by atoms with Crippen LogP contribution in [-0.2, 0) is 11.2 Å². The summed E-state index contributed by atoms with van der Waals surface area (Å²) in [7, 11) is 0. The second kappa shape index (κ2) is 7.22. The molecule has 2 amide bonds. The van der Waals surface area contributed by atoms with Crippen LogP contribution in [0, 0.1) is 13.8 Å². The van der Waals surface area contributed by atoms with Crippen molar-refractivity contribution in [3.63, 3.8) is 0 Å². The topological polar surface area (TPSA) is 72.2 Å². The zero-order chi connectivity index (χ0) is 16.1. The number of anilines is 1. The third-order valence-electron chi connectivity index (χ3n) is 3.60. The van der Waals surface area contributed by atoms with Crippen molar-refractivity contribution in [3.05, 3.63) is 51.9 Å². The minimum absolute atomic E-state index is 0.0836. The first-order valence-electron chi connectivity index (χ1n) is 7.22. The van der Waals surface area contributed by atoms with Gasteiger partial charge in [0.15, 0.2) is 0 Å². The van der Waals surface area contributed by atoms with E-state index in [1.165, 1.54) is 16.9 Å². The largest absolute Gasteiger partial charge is 0.365 e. The monoisotopic (exact) mass is 316 g/mol. The fraction of sp³-hybridized carbons (Fsp3) is 0.294. The van der Waals surface area contributed by atoms with Gasteiger partial charge in [0, 0.05) is 11.3 Å². The molecular formula is C17H20N2O2S. The Bertz CT molecular complexity index is 677. The molecule has 0 unspecified atom stereocenters. The quantitative estimate of drug-likeness (QED) is 0.857. The Morgan fingerprint density at radius 1 is 1.18 bits per heavy atom. The summed E-state index contributed by atoms with van der Waals surface area (Å²) in [5.74, 6) is -0.582. The van der Waals surface area contributed by atoms with Crippen molar-refractivity contribution in [3.8, 4) is 0 Å². The van der Waals surface area contributed by atoms with Crippen molar-refractivity contribution < 1.29 is 9.59 Å². The Labute approximate surface area is 134 Å². The number of amides is 2. The van der Waals surface area contributed by atoms with Crippen LogP contribution in [0.5, 0.6) is 0 Å². The van der Waals surface area contributed by atoms with Crippen LogP contribution < -0.4 is 11.1 Å². The number of aryl methyl sites for hydroxylation is 2. The van der Waals surface area contributed by atoms with E-state index in [0.717, 1.165) is 23.3 Å². The normalized spacial score (nSPS) is 10.5. The number of hydrogen-bond donors (Lipinski definition) is 2. The summed E-state index contributed by atoms with van der Waals surface area (Å²) in [5.41, 5.74) is 7.89. The molecule has 0 saturated heterocycles. The predicted molar refractivity (Wildman–Crippen MR) is 90.3 cm³/mol. The number of hydrogen-bond acceptors (Lipinski definition) is 3.